The molecule has 0 unspecified atom stereocenters. The predicted molar refractivity (Wildman–Crippen MR) is 43.1 cm³/mol. The third-order valence-corrected chi connectivity index (χ3v) is 1.62. The minimum Gasteiger partial charge on any atom is -0.290 e. The van der Waals surface area contributed by atoms with Gasteiger partial charge in [0.2, 0.25) is 0 Å². The molecule has 1 rings (SSSR count). The van der Waals surface area contributed by atoms with E-state index in [1.807, 2.05) is 0 Å². The number of nitrogen functional groups attached to an aromatic ring is 1. The molecule has 82 valence electrons. The molecule has 0 radical (unpaired) electrons. The van der Waals surface area contributed by atoms with E-state index < -0.39 is 29.0 Å². The van der Waals surface area contributed by atoms with Crippen molar-refractivity contribution in [2.45, 2.75) is 6.18 Å². The summed E-state index contributed by atoms with van der Waals surface area (Å²) in [6.45, 7) is 0. The Kier molecular flexibility index (Phi) is 2.94. The second kappa shape index (κ2) is 3.85. The van der Waals surface area contributed by atoms with E-state index in [-0.39, 0.29) is 0 Å². The third-order valence-electron chi connectivity index (χ3n) is 1.62. The number of hydrogen-bond acceptors (Lipinski definition) is 2. The van der Waals surface area contributed by atoms with Crippen LogP contribution in [0.4, 0.5) is 17.6 Å². The molecule has 0 atom stereocenters. The van der Waals surface area contributed by atoms with Crippen molar-refractivity contribution in [3.63, 3.8) is 0 Å². The summed E-state index contributed by atoms with van der Waals surface area (Å²) in [7, 11) is 0. The van der Waals surface area contributed by atoms with Crippen molar-refractivity contribution in [2.75, 3.05) is 0 Å². The first-order chi connectivity index (χ1) is 6.84. The molecule has 7 heteroatoms. The van der Waals surface area contributed by atoms with E-state index in [1.165, 1.54) is 0 Å². The number of carbonyl (C=O) groups is 1. The maximum atomic E-state index is 12.7. The lowest BCUT2D eigenvalue weighted by atomic mass is 10.1. The minimum atomic E-state index is -4.70. The van der Waals surface area contributed by atoms with Gasteiger partial charge in [-0.05, 0) is 18.2 Å². The molecule has 0 spiro atoms. The van der Waals surface area contributed by atoms with Gasteiger partial charge in [-0.1, -0.05) is 0 Å². The maximum Gasteiger partial charge on any atom is 0.416 e. The number of carbonyl (C=O) groups excluding carboxylic acids is 1. The van der Waals surface area contributed by atoms with Gasteiger partial charge in [0.15, 0.2) is 0 Å². The van der Waals surface area contributed by atoms with E-state index in [0.29, 0.717) is 18.2 Å². The molecule has 1 aromatic carbocycles. The van der Waals surface area contributed by atoms with E-state index in [1.54, 1.807) is 5.43 Å². The van der Waals surface area contributed by atoms with Crippen molar-refractivity contribution in [3.05, 3.63) is 35.1 Å². The Hall–Kier alpha value is -1.63. The van der Waals surface area contributed by atoms with Gasteiger partial charge in [-0.2, -0.15) is 13.2 Å². The number of halogens is 4. The molecule has 0 saturated carbocycles. The summed E-state index contributed by atoms with van der Waals surface area (Å²) < 4.78 is 49.3. The first-order valence-electron chi connectivity index (χ1n) is 3.73. The van der Waals surface area contributed by atoms with E-state index in [4.69, 9.17) is 5.84 Å². The molecule has 0 fully saturated rings. The lowest BCUT2D eigenvalue weighted by Gasteiger charge is -2.08. The fourth-order valence-corrected chi connectivity index (χ4v) is 0.968. The van der Waals surface area contributed by atoms with Crippen molar-refractivity contribution in [3.8, 4) is 0 Å². The summed E-state index contributed by atoms with van der Waals surface area (Å²) >= 11 is 0. The number of benzene rings is 1. The van der Waals surface area contributed by atoms with Crippen LogP contribution in [0.3, 0.4) is 0 Å². The van der Waals surface area contributed by atoms with Gasteiger partial charge >= 0.3 is 6.18 Å². The highest BCUT2D eigenvalue weighted by molar-refractivity contribution is 5.93. The number of nitrogens with one attached hydrogen (secondary N) is 1. The van der Waals surface area contributed by atoms with Crippen LogP contribution in [-0.2, 0) is 6.18 Å². The highest BCUT2D eigenvalue weighted by atomic mass is 19.4. The molecule has 15 heavy (non-hydrogen) atoms. The standard InChI is InChI=1S/C8H6F4N2O/c9-6-2-4(7(15)14-13)1-5(3-6)8(10,11)12/h1-3H,13H2,(H,14,15). The summed E-state index contributed by atoms with van der Waals surface area (Å²) in [5.41, 5.74) is -0.103. The molecule has 0 bridgehead atoms. The minimum absolute atomic E-state index is 0.299. The van der Waals surface area contributed by atoms with E-state index in [0.717, 1.165) is 0 Å². The molecular formula is C8H6F4N2O. The van der Waals surface area contributed by atoms with Gasteiger partial charge < -0.3 is 0 Å². The monoisotopic (exact) mass is 222 g/mol. The zero-order chi connectivity index (χ0) is 11.6. The van der Waals surface area contributed by atoms with Gasteiger partial charge in [0.1, 0.15) is 5.82 Å². The van der Waals surface area contributed by atoms with Crippen molar-refractivity contribution < 1.29 is 22.4 Å². The molecule has 1 amide bonds. The lowest BCUT2D eigenvalue weighted by molar-refractivity contribution is -0.137. The van der Waals surface area contributed by atoms with E-state index in [2.05, 4.69) is 0 Å². The Morgan fingerprint density at radius 3 is 2.33 bits per heavy atom. The smallest absolute Gasteiger partial charge is 0.290 e. The lowest BCUT2D eigenvalue weighted by Crippen LogP contribution is -2.30. The Morgan fingerprint density at radius 2 is 1.87 bits per heavy atom. The fourth-order valence-electron chi connectivity index (χ4n) is 0.968. The number of amides is 1. The van der Waals surface area contributed by atoms with Crippen LogP contribution in [0, 0.1) is 5.82 Å². The summed E-state index contributed by atoms with van der Waals surface area (Å²) in [6.07, 6.45) is -4.70. The van der Waals surface area contributed by atoms with Crippen LogP contribution in [0.5, 0.6) is 0 Å². The third kappa shape index (κ3) is 2.66. The molecule has 0 aliphatic heterocycles. The second-order valence-corrected chi connectivity index (χ2v) is 2.70. The second-order valence-electron chi connectivity index (χ2n) is 2.70. The molecule has 1 aromatic rings. The van der Waals surface area contributed by atoms with Crippen LogP contribution in [0.2, 0.25) is 0 Å². The summed E-state index contributed by atoms with van der Waals surface area (Å²) in [5.74, 6) is 2.57. The average molecular weight is 222 g/mol. The van der Waals surface area contributed by atoms with Crippen LogP contribution in [0.15, 0.2) is 18.2 Å². The van der Waals surface area contributed by atoms with Crippen LogP contribution in [-0.4, -0.2) is 5.91 Å². The van der Waals surface area contributed by atoms with Gasteiger partial charge in [-0.3, -0.25) is 10.2 Å². The van der Waals surface area contributed by atoms with Crippen LogP contribution < -0.4 is 11.3 Å². The van der Waals surface area contributed by atoms with Crippen LogP contribution in [0.1, 0.15) is 15.9 Å². The summed E-state index contributed by atoms with van der Waals surface area (Å²) in [6, 6.07) is 1.48. The number of hydrazine groups is 1. The van der Waals surface area contributed by atoms with Crippen LogP contribution in [0.25, 0.3) is 0 Å². The van der Waals surface area contributed by atoms with Gasteiger partial charge in [0.05, 0.1) is 5.56 Å². The normalized spacial score (nSPS) is 11.3. The SMILES string of the molecule is NNC(=O)c1cc(F)cc(C(F)(F)F)c1. The zero-order valence-electron chi connectivity index (χ0n) is 7.23. The van der Waals surface area contributed by atoms with Gasteiger partial charge in [0.25, 0.3) is 5.91 Å². The van der Waals surface area contributed by atoms with Crippen molar-refractivity contribution >= 4 is 5.91 Å². The number of nitrogens with two attached hydrogens (primary N) is 1. The maximum absolute atomic E-state index is 12.7. The van der Waals surface area contributed by atoms with Gasteiger partial charge in [0, 0.05) is 5.56 Å². The summed E-state index contributed by atoms with van der Waals surface area (Å²) in [5, 5.41) is 0. The van der Waals surface area contributed by atoms with Crippen LogP contribution >= 0.6 is 0 Å². The molecule has 3 N–H and O–H groups in total. The Balaban J connectivity index is 3.23. The molecule has 3 nitrogen and oxygen atoms in total. The topological polar surface area (TPSA) is 55.1 Å². The molecule has 0 saturated heterocycles. The van der Waals surface area contributed by atoms with Crippen molar-refractivity contribution in [1.82, 2.24) is 5.43 Å². The Bertz CT molecular complexity index is 389. The van der Waals surface area contributed by atoms with E-state index >= 15 is 0 Å². The first-order valence-corrected chi connectivity index (χ1v) is 3.73. The number of alkyl halides is 3. The predicted octanol–water partition coefficient (Wildman–Crippen LogP) is 1.45. The van der Waals surface area contributed by atoms with Gasteiger partial charge in [-0.15, -0.1) is 0 Å². The highest BCUT2D eigenvalue weighted by Gasteiger charge is 2.31. The Labute approximate surface area is 81.8 Å². The van der Waals surface area contributed by atoms with E-state index in [9.17, 15) is 22.4 Å². The highest BCUT2D eigenvalue weighted by Crippen LogP contribution is 2.30. The number of rotatable bonds is 1. The van der Waals surface area contributed by atoms with Gasteiger partial charge in [-0.25, -0.2) is 10.2 Å². The fraction of sp³-hybridized carbons (Fsp3) is 0.125. The molecular weight excluding hydrogens is 216 g/mol. The zero-order valence-corrected chi connectivity index (χ0v) is 7.23. The van der Waals surface area contributed by atoms with Crippen molar-refractivity contribution in [2.24, 2.45) is 5.84 Å². The largest absolute Gasteiger partial charge is 0.416 e. The molecule has 0 aliphatic carbocycles. The average Bonchev–Trinajstić information content (AvgIpc) is 2.14. The summed E-state index contributed by atoms with van der Waals surface area (Å²) in [4.78, 5) is 10.9. The quantitative estimate of drug-likeness (QED) is 0.327. The molecule has 0 heterocycles. The van der Waals surface area contributed by atoms with Crippen molar-refractivity contribution in [1.29, 1.82) is 0 Å². The number of hydrogen-bond donors (Lipinski definition) is 2. The molecule has 0 aromatic heterocycles. The molecule has 0 aliphatic rings. The first kappa shape index (κ1) is 11.4. The Morgan fingerprint density at radius 1 is 1.27 bits per heavy atom.